The second-order valence-corrected chi connectivity index (χ2v) is 7.79. The van der Waals surface area contributed by atoms with E-state index >= 15 is 0 Å². The molecule has 0 saturated carbocycles. The van der Waals surface area contributed by atoms with Gasteiger partial charge in [0.15, 0.2) is 0 Å². The molecule has 0 aliphatic carbocycles. The largest absolute Gasteiger partial charge is 0.472 e. The lowest BCUT2D eigenvalue weighted by atomic mass is 10.2. The zero-order valence-electron chi connectivity index (χ0n) is 15.1. The summed E-state index contributed by atoms with van der Waals surface area (Å²) in [5.74, 6) is 1.64. The van der Waals surface area contributed by atoms with Crippen LogP contribution in [0.15, 0.2) is 71.6 Å². The molecule has 1 amide bonds. The molecule has 5 heteroatoms. The van der Waals surface area contributed by atoms with Crippen LogP contribution in [0.1, 0.15) is 12.8 Å². The van der Waals surface area contributed by atoms with Crippen molar-refractivity contribution in [2.75, 3.05) is 18.8 Å². The number of pyridine rings is 1. The minimum absolute atomic E-state index is 0.0180. The fraction of sp³-hybridized carbons (Fsp3) is 0.273. The zero-order chi connectivity index (χ0) is 18.5. The van der Waals surface area contributed by atoms with Crippen molar-refractivity contribution < 1.29 is 9.53 Å². The van der Waals surface area contributed by atoms with Gasteiger partial charge in [-0.25, -0.2) is 4.98 Å². The smallest absolute Gasteiger partial charge is 0.223 e. The number of nitrogens with zero attached hydrogens (tertiary/aromatic N) is 2. The Kier molecular flexibility index (Phi) is 5.58. The minimum atomic E-state index is 0.0180. The molecule has 1 fully saturated rings. The van der Waals surface area contributed by atoms with Gasteiger partial charge in [0.25, 0.3) is 0 Å². The van der Waals surface area contributed by atoms with E-state index in [9.17, 15) is 4.79 Å². The van der Waals surface area contributed by atoms with Crippen molar-refractivity contribution in [2.45, 2.75) is 23.8 Å². The van der Waals surface area contributed by atoms with Crippen LogP contribution in [0.3, 0.4) is 0 Å². The van der Waals surface area contributed by atoms with E-state index in [4.69, 9.17) is 4.74 Å². The van der Waals surface area contributed by atoms with Crippen molar-refractivity contribution in [3.05, 3.63) is 66.7 Å². The lowest BCUT2D eigenvalue weighted by molar-refractivity contribution is -0.129. The number of hydrogen-bond acceptors (Lipinski definition) is 4. The highest BCUT2D eigenvalue weighted by Gasteiger charge is 2.27. The fourth-order valence-electron chi connectivity index (χ4n) is 3.27. The van der Waals surface area contributed by atoms with Gasteiger partial charge in [-0.15, -0.1) is 11.8 Å². The Balaban J connectivity index is 1.27. The summed E-state index contributed by atoms with van der Waals surface area (Å²) in [6.07, 6.45) is 1.43. The van der Waals surface area contributed by atoms with Crippen LogP contribution < -0.4 is 4.74 Å². The van der Waals surface area contributed by atoms with E-state index in [0.717, 1.165) is 29.6 Å². The predicted molar refractivity (Wildman–Crippen MR) is 109 cm³/mol. The summed E-state index contributed by atoms with van der Waals surface area (Å²) in [6, 6.07) is 22.1. The highest BCUT2D eigenvalue weighted by Crippen LogP contribution is 2.22. The molecule has 0 spiro atoms. The molecule has 2 aromatic carbocycles. The standard InChI is InChI=1S/C22H22N2O2S/c25-22(13-15-27-19-7-2-1-3-8-19)24-14-12-18(16-24)26-21-11-10-17-6-4-5-9-20(17)23-21/h1-11,18H,12-16H2/t18-/m0/s1. The van der Waals surface area contributed by atoms with E-state index in [0.29, 0.717) is 18.8 Å². The van der Waals surface area contributed by atoms with E-state index in [1.165, 1.54) is 4.90 Å². The van der Waals surface area contributed by atoms with E-state index in [1.54, 1.807) is 11.8 Å². The van der Waals surface area contributed by atoms with Crippen molar-refractivity contribution >= 4 is 28.6 Å². The van der Waals surface area contributed by atoms with E-state index in [2.05, 4.69) is 17.1 Å². The molecule has 1 aliphatic heterocycles. The highest BCUT2D eigenvalue weighted by molar-refractivity contribution is 7.99. The molecule has 138 valence electrons. The lowest BCUT2D eigenvalue weighted by Crippen LogP contribution is -2.31. The van der Waals surface area contributed by atoms with Crippen molar-refractivity contribution in [3.8, 4) is 5.88 Å². The molecule has 0 radical (unpaired) electrons. The van der Waals surface area contributed by atoms with E-state index in [1.807, 2.05) is 59.5 Å². The molecular formula is C22H22N2O2S. The average Bonchev–Trinajstić information content (AvgIpc) is 3.17. The molecule has 4 rings (SSSR count). The molecule has 1 aromatic heterocycles. The van der Waals surface area contributed by atoms with Gasteiger partial charge in [0, 0.05) is 41.5 Å². The molecule has 0 unspecified atom stereocenters. The third-order valence-electron chi connectivity index (χ3n) is 4.69. The Hall–Kier alpha value is -2.53. The van der Waals surface area contributed by atoms with Crippen molar-refractivity contribution in [1.29, 1.82) is 0 Å². The normalized spacial score (nSPS) is 16.6. The topological polar surface area (TPSA) is 42.4 Å². The SMILES string of the molecule is O=C(CCSc1ccccc1)N1CC[C@H](Oc2ccc3ccccc3n2)C1. The van der Waals surface area contributed by atoms with Crippen molar-refractivity contribution in [1.82, 2.24) is 9.88 Å². The number of thioether (sulfide) groups is 1. The van der Waals surface area contributed by atoms with Crippen LogP contribution in [0, 0.1) is 0 Å². The summed E-state index contributed by atoms with van der Waals surface area (Å²) in [6.45, 7) is 1.40. The molecule has 2 heterocycles. The van der Waals surface area contributed by atoms with Crippen LogP contribution in [0.2, 0.25) is 0 Å². The molecule has 27 heavy (non-hydrogen) atoms. The van der Waals surface area contributed by atoms with Gasteiger partial charge in [-0.1, -0.05) is 36.4 Å². The van der Waals surface area contributed by atoms with Crippen LogP contribution in [0.5, 0.6) is 5.88 Å². The highest BCUT2D eigenvalue weighted by atomic mass is 32.2. The fourth-order valence-corrected chi connectivity index (χ4v) is 4.13. The predicted octanol–water partition coefficient (Wildman–Crippen LogP) is 4.40. The van der Waals surface area contributed by atoms with E-state index in [-0.39, 0.29) is 12.0 Å². The first kappa shape index (κ1) is 17.9. The molecule has 1 aliphatic rings. The molecular weight excluding hydrogens is 356 g/mol. The van der Waals surface area contributed by atoms with Crippen LogP contribution >= 0.6 is 11.8 Å². The van der Waals surface area contributed by atoms with Gasteiger partial charge < -0.3 is 9.64 Å². The first-order valence-electron chi connectivity index (χ1n) is 9.26. The van der Waals surface area contributed by atoms with Gasteiger partial charge in [-0.2, -0.15) is 0 Å². The maximum absolute atomic E-state index is 12.4. The van der Waals surface area contributed by atoms with Crippen molar-refractivity contribution in [2.24, 2.45) is 0 Å². The number of ether oxygens (including phenoxy) is 1. The number of fused-ring (bicyclic) bond motifs is 1. The molecule has 1 saturated heterocycles. The Labute approximate surface area is 163 Å². The number of likely N-dealkylation sites (tertiary alicyclic amines) is 1. The monoisotopic (exact) mass is 378 g/mol. The third kappa shape index (κ3) is 4.61. The summed E-state index contributed by atoms with van der Waals surface area (Å²) in [5.41, 5.74) is 0.930. The van der Waals surface area contributed by atoms with Crippen LogP contribution in [-0.4, -0.2) is 40.7 Å². The van der Waals surface area contributed by atoms with Gasteiger partial charge in [-0.3, -0.25) is 4.79 Å². The van der Waals surface area contributed by atoms with Gasteiger partial charge in [0.05, 0.1) is 12.1 Å². The number of para-hydroxylation sites is 1. The summed E-state index contributed by atoms with van der Waals surface area (Å²) in [4.78, 5) is 20.1. The quantitative estimate of drug-likeness (QED) is 0.597. The van der Waals surface area contributed by atoms with Gasteiger partial charge in [0.2, 0.25) is 11.8 Å². The average molecular weight is 378 g/mol. The van der Waals surface area contributed by atoms with Gasteiger partial charge in [-0.05, 0) is 24.3 Å². The summed E-state index contributed by atoms with van der Waals surface area (Å²) in [7, 11) is 0. The number of carbonyl (C=O) groups is 1. The summed E-state index contributed by atoms with van der Waals surface area (Å²) >= 11 is 1.72. The molecule has 0 N–H and O–H groups in total. The van der Waals surface area contributed by atoms with E-state index < -0.39 is 0 Å². The second kappa shape index (κ2) is 8.44. The summed E-state index contributed by atoms with van der Waals surface area (Å²) < 4.78 is 6.03. The Bertz CT molecular complexity index is 916. The van der Waals surface area contributed by atoms with Gasteiger partial charge >= 0.3 is 0 Å². The number of benzene rings is 2. The number of carbonyl (C=O) groups excluding carboxylic acids is 1. The Morgan fingerprint density at radius 3 is 2.78 bits per heavy atom. The van der Waals surface area contributed by atoms with Gasteiger partial charge in [0.1, 0.15) is 6.10 Å². The number of rotatable bonds is 6. The Morgan fingerprint density at radius 2 is 1.89 bits per heavy atom. The lowest BCUT2D eigenvalue weighted by Gasteiger charge is -2.17. The first-order valence-corrected chi connectivity index (χ1v) is 10.2. The third-order valence-corrected chi connectivity index (χ3v) is 5.70. The number of aromatic nitrogens is 1. The second-order valence-electron chi connectivity index (χ2n) is 6.62. The Morgan fingerprint density at radius 1 is 1.07 bits per heavy atom. The molecule has 3 aromatic rings. The number of hydrogen-bond donors (Lipinski definition) is 0. The van der Waals surface area contributed by atoms with Crippen molar-refractivity contribution in [3.63, 3.8) is 0 Å². The number of amides is 1. The summed E-state index contributed by atoms with van der Waals surface area (Å²) in [5, 5.41) is 1.10. The van der Waals surface area contributed by atoms with Crippen LogP contribution in [0.25, 0.3) is 10.9 Å². The maximum Gasteiger partial charge on any atom is 0.223 e. The minimum Gasteiger partial charge on any atom is -0.472 e. The molecule has 0 bridgehead atoms. The molecule has 4 nitrogen and oxygen atoms in total. The maximum atomic E-state index is 12.4. The zero-order valence-corrected chi connectivity index (χ0v) is 15.9. The first-order chi connectivity index (χ1) is 13.3. The van der Waals surface area contributed by atoms with Crippen LogP contribution in [-0.2, 0) is 4.79 Å². The van der Waals surface area contributed by atoms with Crippen LogP contribution in [0.4, 0.5) is 0 Å². The molecule has 1 atom stereocenters.